The van der Waals surface area contributed by atoms with Gasteiger partial charge in [0, 0.05) is 17.5 Å². The number of azide groups is 1. The average Bonchev–Trinajstić information content (AvgIpc) is 3.12. The van der Waals surface area contributed by atoms with E-state index in [9.17, 15) is 28.3 Å². The van der Waals surface area contributed by atoms with Gasteiger partial charge >= 0.3 is 29.5 Å². The van der Waals surface area contributed by atoms with E-state index < -0.39 is 67.4 Å². The molecule has 2 rings (SSSR count). The van der Waals surface area contributed by atoms with Crippen LogP contribution >= 0.6 is 23.5 Å². The molecule has 202 valence electrons. The maximum atomic E-state index is 12.4. The number of nitrogens with two attached hydrogens (primary N) is 2. The van der Waals surface area contributed by atoms with Gasteiger partial charge in [-0.3, -0.25) is 9.42 Å². The van der Waals surface area contributed by atoms with Gasteiger partial charge in [0.15, 0.2) is 0 Å². The van der Waals surface area contributed by atoms with Crippen LogP contribution in [0.2, 0.25) is 0 Å². The Kier molecular flexibility index (Phi) is 10.6. The molecule has 2 heterocycles. The number of amides is 2. The first-order chi connectivity index (χ1) is 16.7. The summed E-state index contributed by atoms with van der Waals surface area (Å²) >= 11 is 0. The number of hydrogen-bond donors (Lipinski definition) is 7. The summed E-state index contributed by atoms with van der Waals surface area (Å²) < 4.78 is 57.1. The summed E-state index contributed by atoms with van der Waals surface area (Å²) in [6.45, 7) is -1.33. The van der Waals surface area contributed by atoms with Crippen molar-refractivity contribution in [2.75, 3.05) is 19.9 Å². The van der Waals surface area contributed by atoms with Crippen molar-refractivity contribution in [3.8, 4) is 11.8 Å². The van der Waals surface area contributed by atoms with Crippen LogP contribution in [0.5, 0.6) is 0 Å². The second-order valence-electron chi connectivity index (χ2n) is 6.74. The maximum absolute atomic E-state index is 12.4. The van der Waals surface area contributed by atoms with E-state index >= 15 is 0 Å². The molecule has 0 aliphatic carbocycles. The van der Waals surface area contributed by atoms with Gasteiger partial charge in [0.25, 0.3) is 0 Å². The molecule has 23 heteroatoms. The zero-order chi connectivity index (χ0) is 27.1. The molecule has 0 radical (unpaired) electrons. The lowest BCUT2D eigenvalue weighted by atomic mass is 10.1. The van der Waals surface area contributed by atoms with Crippen LogP contribution in [-0.4, -0.2) is 75.0 Å². The van der Waals surface area contributed by atoms with Crippen molar-refractivity contribution in [3.63, 3.8) is 0 Å². The molecule has 2 aliphatic rings. The highest BCUT2D eigenvalue weighted by atomic mass is 31.3. The second-order valence-corrected chi connectivity index (χ2v) is 11.2. The van der Waals surface area contributed by atoms with E-state index in [0.717, 1.165) is 4.90 Å². The van der Waals surface area contributed by atoms with Crippen LogP contribution < -0.4 is 16.8 Å². The first-order valence-electron chi connectivity index (χ1n) is 9.47. The highest BCUT2D eigenvalue weighted by molar-refractivity contribution is 7.66. The minimum Gasteiger partial charge on any atom is -0.369 e. The molecule has 0 aromatic rings. The number of carbonyl (C=O) groups is 1. The fraction of sp³-hybridized carbons (Fsp3) is 0.615. The summed E-state index contributed by atoms with van der Waals surface area (Å²) in [4.78, 5) is 52.1. The Hall–Kier alpha value is -1.87. The van der Waals surface area contributed by atoms with Gasteiger partial charge in [0.05, 0.1) is 24.8 Å². The van der Waals surface area contributed by atoms with Crippen molar-refractivity contribution in [1.82, 2.24) is 10.2 Å². The van der Waals surface area contributed by atoms with Gasteiger partial charge < -0.3 is 45.8 Å². The van der Waals surface area contributed by atoms with Crippen LogP contribution in [0, 0.1) is 11.8 Å². The molecule has 0 spiro atoms. The van der Waals surface area contributed by atoms with Crippen LogP contribution in [0.15, 0.2) is 16.9 Å². The van der Waals surface area contributed by atoms with Crippen LogP contribution in [0.4, 0.5) is 4.79 Å². The molecule has 6 atom stereocenters. The monoisotopic (exact) mass is 577 g/mol. The van der Waals surface area contributed by atoms with Gasteiger partial charge in [-0.15, -0.1) is 0 Å². The molecular weight excluding hydrogens is 555 g/mol. The highest BCUT2D eigenvalue weighted by Crippen LogP contribution is 2.66. The summed E-state index contributed by atoms with van der Waals surface area (Å²) in [5.74, 6) is 5.27. The van der Waals surface area contributed by atoms with E-state index in [1.807, 2.05) is 0 Å². The standard InChI is InChI=1S/C13H22N7O13P3/c14-3-1-2-8-5-20(13(21)18-12(8)15)11-4-9(29-7-17-19-16)10(31-11)6-30-35(25,26)33-36(27,28)32-34(22,23)24/h5,9-12H,3-4,6-7,14-15H2,(H,18,21)(H,25,26)(H,27,28)(H2,22,23,24)/t9-,10?,11?,12?/m1/s1. The Morgan fingerprint density at radius 3 is 2.58 bits per heavy atom. The number of phosphoric acid groups is 3. The minimum absolute atomic E-state index is 0.0237. The molecular formula is C13H22N7O13P3. The van der Waals surface area contributed by atoms with Gasteiger partial charge in [-0.2, -0.15) is 8.62 Å². The van der Waals surface area contributed by atoms with E-state index in [1.54, 1.807) is 0 Å². The largest absolute Gasteiger partial charge is 0.490 e. The van der Waals surface area contributed by atoms with Crippen molar-refractivity contribution in [1.29, 1.82) is 0 Å². The van der Waals surface area contributed by atoms with Crippen molar-refractivity contribution in [2.45, 2.75) is 31.0 Å². The lowest BCUT2D eigenvalue weighted by Crippen LogP contribution is -2.54. The predicted molar refractivity (Wildman–Crippen MR) is 115 cm³/mol. The molecule has 1 fully saturated rings. The fourth-order valence-corrected chi connectivity index (χ4v) is 5.90. The minimum atomic E-state index is -5.73. The Labute approximate surface area is 202 Å². The number of nitrogens with one attached hydrogen (secondary N) is 1. The quantitative estimate of drug-likeness (QED) is 0.0522. The molecule has 2 amide bonds. The van der Waals surface area contributed by atoms with Crippen LogP contribution in [0.1, 0.15) is 6.42 Å². The number of carbonyl (C=O) groups excluding carboxylic acids is 1. The number of ether oxygens (including phenoxy) is 2. The molecule has 36 heavy (non-hydrogen) atoms. The fourth-order valence-electron chi connectivity index (χ4n) is 2.87. The smallest absolute Gasteiger partial charge is 0.369 e. The van der Waals surface area contributed by atoms with Crippen molar-refractivity contribution >= 4 is 29.5 Å². The van der Waals surface area contributed by atoms with Crippen molar-refractivity contribution in [2.24, 2.45) is 16.6 Å². The number of phosphoric ester groups is 1. The molecule has 0 bridgehead atoms. The van der Waals surface area contributed by atoms with E-state index in [0.29, 0.717) is 0 Å². The third kappa shape index (κ3) is 9.54. The number of nitrogens with zero attached hydrogens (tertiary/aromatic N) is 4. The molecule has 0 aromatic carbocycles. The zero-order valence-corrected chi connectivity index (χ0v) is 20.6. The lowest BCUT2D eigenvalue weighted by Gasteiger charge is -2.32. The number of hydrogen-bond acceptors (Lipinski definition) is 12. The molecule has 2 aliphatic heterocycles. The molecule has 0 saturated carbocycles. The molecule has 20 nitrogen and oxygen atoms in total. The average molecular weight is 577 g/mol. The van der Waals surface area contributed by atoms with Gasteiger partial charge in [-0.25, -0.2) is 18.5 Å². The lowest BCUT2D eigenvalue weighted by molar-refractivity contribution is -0.0657. The normalized spacial score (nSPS) is 27.6. The van der Waals surface area contributed by atoms with Gasteiger partial charge in [-0.05, 0) is 5.53 Å². The van der Waals surface area contributed by atoms with E-state index in [1.165, 1.54) is 6.20 Å². The predicted octanol–water partition coefficient (Wildman–Crippen LogP) is -0.746. The van der Waals surface area contributed by atoms with Gasteiger partial charge in [0.1, 0.15) is 25.2 Å². The molecule has 5 unspecified atom stereocenters. The number of urea groups is 1. The molecule has 0 aromatic heterocycles. The summed E-state index contributed by atoms with van der Waals surface area (Å²) in [6, 6.07) is -0.687. The Morgan fingerprint density at radius 1 is 1.28 bits per heavy atom. The zero-order valence-electron chi connectivity index (χ0n) is 18.0. The Balaban J connectivity index is 2.16. The summed E-state index contributed by atoms with van der Waals surface area (Å²) in [5.41, 5.74) is 19.9. The van der Waals surface area contributed by atoms with E-state index in [4.69, 9.17) is 36.3 Å². The van der Waals surface area contributed by atoms with E-state index in [2.05, 4.69) is 40.3 Å². The van der Waals surface area contributed by atoms with Crippen LogP contribution in [0.3, 0.4) is 0 Å². The molecule has 1 saturated heterocycles. The summed E-state index contributed by atoms with van der Waals surface area (Å²) in [7, 11) is -16.8. The van der Waals surface area contributed by atoms with Crippen LogP contribution in [0.25, 0.3) is 10.4 Å². The third-order valence-electron chi connectivity index (χ3n) is 4.18. The first-order valence-corrected chi connectivity index (χ1v) is 14.0. The third-order valence-corrected chi connectivity index (χ3v) is 7.98. The number of rotatable bonds is 11. The topological polar surface area (TPSA) is 311 Å². The van der Waals surface area contributed by atoms with Gasteiger partial charge in [0.2, 0.25) is 0 Å². The Bertz CT molecular complexity index is 1110. The van der Waals surface area contributed by atoms with Crippen LogP contribution in [-0.2, 0) is 36.3 Å². The highest BCUT2D eigenvalue weighted by Gasteiger charge is 2.45. The van der Waals surface area contributed by atoms with Crippen molar-refractivity contribution in [3.05, 3.63) is 22.2 Å². The summed E-state index contributed by atoms with van der Waals surface area (Å²) in [6.07, 6.45) is -3.04. The van der Waals surface area contributed by atoms with Crippen molar-refractivity contribution < 1.29 is 60.7 Å². The Morgan fingerprint density at radius 2 is 1.97 bits per heavy atom. The van der Waals surface area contributed by atoms with E-state index in [-0.39, 0.29) is 18.5 Å². The second kappa shape index (κ2) is 12.6. The maximum Gasteiger partial charge on any atom is 0.490 e. The summed E-state index contributed by atoms with van der Waals surface area (Å²) in [5, 5.41) is 5.63. The molecule has 9 N–H and O–H groups in total. The van der Waals surface area contributed by atoms with Gasteiger partial charge in [-0.1, -0.05) is 17.0 Å². The SMILES string of the molecule is [N-]=[N+]=NCO[C@@H]1CC(N2C=C(C#CCN)C(N)NC2=O)OC1COP(=O)(O)OP(=O)(O)OP(=O)(O)O. The first kappa shape index (κ1) is 30.4.